The fourth-order valence-electron chi connectivity index (χ4n) is 3.11. The van der Waals surface area contributed by atoms with Crippen molar-refractivity contribution in [3.8, 4) is 5.69 Å². The largest absolute Gasteiger partial charge is 0.348 e. The minimum absolute atomic E-state index is 0.131. The number of halogens is 1. The van der Waals surface area contributed by atoms with E-state index in [2.05, 4.69) is 26.9 Å². The van der Waals surface area contributed by atoms with Crippen LogP contribution in [0.2, 0.25) is 0 Å². The molecule has 3 rings (SSSR count). The van der Waals surface area contributed by atoms with Crippen LogP contribution in [0.5, 0.6) is 0 Å². The molecule has 0 aliphatic carbocycles. The second-order valence-electron chi connectivity index (χ2n) is 7.29. The molecule has 1 amide bonds. The summed E-state index contributed by atoms with van der Waals surface area (Å²) < 4.78 is 14.9. The van der Waals surface area contributed by atoms with Gasteiger partial charge in [-0.3, -0.25) is 4.79 Å². The summed E-state index contributed by atoms with van der Waals surface area (Å²) in [5, 5.41) is 15.5. The molecule has 0 fully saturated rings. The SMILES string of the molecule is Cc1ccc(-n2nnnc2SCC(=O)NC(c2ccc(F)cc2)C(C)C)c(C)c1. The highest BCUT2D eigenvalue weighted by atomic mass is 32.2. The average molecular weight is 414 g/mol. The van der Waals surface area contributed by atoms with Crippen molar-refractivity contribution in [2.24, 2.45) is 5.92 Å². The van der Waals surface area contributed by atoms with Crippen molar-refractivity contribution in [3.63, 3.8) is 0 Å². The molecule has 1 N–H and O–H groups in total. The summed E-state index contributed by atoms with van der Waals surface area (Å²) >= 11 is 1.28. The predicted molar refractivity (Wildman–Crippen MR) is 111 cm³/mol. The van der Waals surface area contributed by atoms with E-state index in [0.29, 0.717) is 5.16 Å². The van der Waals surface area contributed by atoms with Gasteiger partial charge in [0, 0.05) is 0 Å². The van der Waals surface area contributed by atoms with Gasteiger partial charge >= 0.3 is 0 Å². The van der Waals surface area contributed by atoms with Gasteiger partial charge in [-0.2, -0.15) is 4.68 Å². The van der Waals surface area contributed by atoms with Gasteiger partial charge < -0.3 is 5.32 Å². The third-order valence-electron chi connectivity index (χ3n) is 4.57. The second-order valence-corrected chi connectivity index (χ2v) is 8.24. The lowest BCUT2D eigenvalue weighted by molar-refractivity contribution is -0.119. The number of hydrogen-bond donors (Lipinski definition) is 1. The van der Waals surface area contributed by atoms with Gasteiger partial charge in [0.25, 0.3) is 0 Å². The van der Waals surface area contributed by atoms with E-state index in [1.807, 2.05) is 39.8 Å². The number of aromatic nitrogens is 4. The maximum absolute atomic E-state index is 13.2. The molecule has 0 aliphatic heterocycles. The zero-order valence-corrected chi connectivity index (χ0v) is 17.7. The highest BCUT2D eigenvalue weighted by Crippen LogP contribution is 2.24. The maximum atomic E-state index is 13.2. The van der Waals surface area contributed by atoms with E-state index in [0.717, 1.165) is 22.4 Å². The number of tetrazole rings is 1. The number of thioether (sulfide) groups is 1. The summed E-state index contributed by atoms with van der Waals surface area (Å²) in [6, 6.07) is 12.1. The molecule has 0 saturated carbocycles. The summed E-state index contributed by atoms with van der Waals surface area (Å²) in [7, 11) is 0. The fourth-order valence-corrected chi connectivity index (χ4v) is 3.81. The summed E-state index contributed by atoms with van der Waals surface area (Å²) in [4.78, 5) is 12.6. The smallest absolute Gasteiger partial charge is 0.230 e. The van der Waals surface area contributed by atoms with Crippen molar-refractivity contribution in [2.45, 2.75) is 38.9 Å². The lowest BCUT2D eigenvalue weighted by Gasteiger charge is -2.23. The van der Waals surface area contributed by atoms with Crippen LogP contribution < -0.4 is 5.32 Å². The number of nitrogens with one attached hydrogen (secondary N) is 1. The van der Waals surface area contributed by atoms with Crippen LogP contribution in [0.25, 0.3) is 5.69 Å². The summed E-state index contributed by atoms with van der Waals surface area (Å²) in [5.41, 5.74) is 3.97. The first-order valence-electron chi connectivity index (χ1n) is 9.39. The van der Waals surface area contributed by atoms with Gasteiger partial charge in [0.2, 0.25) is 11.1 Å². The summed E-state index contributed by atoms with van der Waals surface area (Å²) in [6.45, 7) is 8.06. The number of nitrogens with zero attached hydrogens (tertiary/aromatic N) is 4. The van der Waals surface area contributed by atoms with Gasteiger partial charge in [-0.05, 0) is 59.5 Å². The van der Waals surface area contributed by atoms with Crippen molar-refractivity contribution in [3.05, 3.63) is 65.0 Å². The van der Waals surface area contributed by atoms with Crippen LogP contribution in [0.4, 0.5) is 4.39 Å². The predicted octanol–water partition coefficient (Wildman–Crippen LogP) is 4.02. The number of hydrogen-bond acceptors (Lipinski definition) is 5. The van der Waals surface area contributed by atoms with Gasteiger partial charge in [-0.1, -0.05) is 55.4 Å². The third-order valence-corrected chi connectivity index (χ3v) is 5.49. The number of amides is 1. The van der Waals surface area contributed by atoms with Gasteiger partial charge in [-0.15, -0.1) is 5.10 Å². The van der Waals surface area contributed by atoms with Crippen molar-refractivity contribution >= 4 is 17.7 Å². The molecule has 8 heteroatoms. The lowest BCUT2D eigenvalue weighted by Crippen LogP contribution is -2.33. The van der Waals surface area contributed by atoms with E-state index < -0.39 is 0 Å². The molecule has 3 aromatic rings. The molecule has 0 bridgehead atoms. The van der Waals surface area contributed by atoms with Crippen molar-refractivity contribution in [2.75, 3.05) is 5.75 Å². The lowest BCUT2D eigenvalue weighted by atomic mass is 9.96. The zero-order chi connectivity index (χ0) is 21.0. The Balaban J connectivity index is 1.68. The normalized spacial score (nSPS) is 12.2. The summed E-state index contributed by atoms with van der Waals surface area (Å²) in [6.07, 6.45) is 0. The van der Waals surface area contributed by atoms with Gasteiger partial charge in [0.15, 0.2) is 0 Å². The molecule has 1 atom stereocenters. The molecule has 1 heterocycles. The van der Waals surface area contributed by atoms with E-state index in [4.69, 9.17) is 0 Å². The fraction of sp³-hybridized carbons (Fsp3) is 0.333. The molecule has 1 aromatic heterocycles. The minimum atomic E-state index is -0.295. The highest BCUT2D eigenvalue weighted by Gasteiger charge is 2.20. The average Bonchev–Trinajstić information content (AvgIpc) is 3.13. The first kappa shape index (κ1) is 21.0. The topological polar surface area (TPSA) is 72.7 Å². The quantitative estimate of drug-likeness (QED) is 0.592. The van der Waals surface area contributed by atoms with Crippen LogP contribution in [0.1, 0.15) is 36.6 Å². The number of benzene rings is 2. The molecule has 0 radical (unpaired) electrons. The molecule has 1 unspecified atom stereocenters. The molecular weight excluding hydrogens is 389 g/mol. The number of rotatable bonds is 7. The molecule has 29 heavy (non-hydrogen) atoms. The van der Waals surface area contributed by atoms with E-state index in [1.54, 1.807) is 16.8 Å². The molecule has 2 aromatic carbocycles. The Morgan fingerprint density at radius 3 is 2.55 bits per heavy atom. The van der Waals surface area contributed by atoms with Crippen molar-refractivity contribution in [1.29, 1.82) is 0 Å². The van der Waals surface area contributed by atoms with Crippen LogP contribution in [0.15, 0.2) is 47.6 Å². The van der Waals surface area contributed by atoms with Gasteiger partial charge in [0.1, 0.15) is 5.82 Å². The Kier molecular flexibility index (Phi) is 6.64. The van der Waals surface area contributed by atoms with Gasteiger partial charge in [-0.25, -0.2) is 4.39 Å². The molecule has 0 saturated heterocycles. The standard InChI is InChI=1S/C21H24FN5OS/c1-13(2)20(16-6-8-17(22)9-7-16)23-19(28)12-29-21-24-25-26-27(21)18-10-5-14(3)11-15(18)4/h5-11,13,20H,12H2,1-4H3,(H,23,28). The molecular formula is C21H24FN5OS. The Labute approximate surface area is 173 Å². The van der Waals surface area contributed by atoms with Crippen LogP contribution in [0, 0.1) is 25.6 Å². The molecule has 0 aliphatic rings. The first-order valence-corrected chi connectivity index (χ1v) is 10.4. The van der Waals surface area contributed by atoms with Crippen LogP contribution in [-0.4, -0.2) is 31.9 Å². The summed E-state index contributed by atoms with van der Waals surface area (Å²) in [5.74, 6) is -0.0881. The van der Waals surface area contributed by atoms with Crippen molar-refractivity contribution in [1.82, 2.24) is 25.5 Å². The zero-order valence-electron chi connectivity index (χ0n) is 16.9. The van der Waals surface area contributed by atoms with E-state index in [-0.39, 0.29) is 29.4 Å². The Hall–Kier alpha value is -2.74. The monoisotopic (exact) mass is 413 g/mol. The number of aryl methyl sites for hydroxylation is 2. The van der Waals surface area contributed by atoms with Crippen LogP contribution in [-0.2, 0) is 4.79 Å². The second kappa shape index (κ2) is 9.17. The number of carbonyl (C=O) groups is 1. The molecule has 0 spiro atoms. The van der Waals surface area contributed by atoms with Gasteiger partial charge in [0.05, 0.1) is 17.5 Å². The van der Waals surface area contributed by atoms with E-state index in [9.17, 15) is 9.18 Å². The minimum Gasteiger partial charge on any atom is -0.348 e. The molecule has 6 nitrogen and oxygen atoms in total. The third kappa shape index (κ3) is 5.20. The van der Waals surface area contributed by atoms with Crippen LogP contribution >= 0.6 is 11.8 Å². The number of carbonyl (C=O) groups excluding carboxylic acids is 1. The van der Waals surface area contributed by atoms with Crippen LogP contribution in [0.3, 0.4) is 0 Å². The first-order chi connectivity index (χ1) is 13.8. The Bertz CT molecular complexity index is 987. The van der Waals surface area contributed by atoms with E-state index >= 15 is 0 Å². The van der Waals surface area contributed by atoms with Crippen molar-refractivity contribution < 1.29 is 9.18 Å². The van der Waals surface area contributed by atoms with E-state index in [1.165, 1.54) is 23.9 Å². The highest BCUT2D eigenvalue weighted by molar-refractivity contribution is 7.99. The maximum Gasteiger partial charge on any atom is 0.230 e. The molecule has 152 valence electrons. The Morgan fingerprint density at radius 2 is 1.90 bits per heavy atom. The Morgan fingerprint density at radius 1 is 1.17 bits per heavy atom.